The van der Waals surface area contributed by atoms with Crippen LogP contribution in [0.25, 0.3) is 16.9 Å². The third-order valence-corrected chi connectivity index (χ3v) is 10.3. The van der Waals surface area contributed by atoms with E-state index in [9.17, 15) is 13.2 Å². The summed E-state index contributed by atoms with van der Waals surface area (Å²) in [5.41, 5.74) is 4.07. The zero-order valence-corrected chi connectivity index (χ0v) is 25.1. The first-order chi connectivity index (χ1) is 20.2. The molecular weight excluding hydrogens is 572 g/mol. The number of halogens is 1. The average molecular weight is 605 g/mol. The van der Waals surface area contributed by atoms with Crippen molar-refractivity contribution in [1.29, 1.82) is 0 Å². The first-order valence-electron chi connectivity index (χ1n) is 14.1. The standard InChI is InChI=1S/C32H33ClN4O4S/c1-21-7-6-16-36(19-21)42(39,40)25-13-11-23(12-14-25)34-32(38)27-18-26(27)28-20-37(24-8-4-3-5-9-24)35-31(28)22-10-15-30(41-2)29(33)17-22/h3-5,8-15,17,20-21,26-27H,6-7,16,18-19H2,1-2H3,(H,34,38). The summed E-state index contributed by atoms with van der Waals surface area (Å²) in [7, 11) is -1.98. The van der Waals surface area contributed by atoms with Gasteiger partial charge >= 0.3 is 0 Å². The van der Waals surface area contributed by atoms with Gasteiger partial charge in [-0.1, -0.05) is 36.7 Å². The Hall–Kier alpha value is -3.66. The predicted octanol–water partition coefficient (Wildman–Crippen LogP) is 6.36. The van der Waals surface area contributed by atoms with Crippen molar-refractivity contribution in [2.45, 2.75) is 37.0 Å². The van der Waals surface area contributed by atoms with Crippen LogP contribution in [-0.2, 0) is 14.8 Å². The molecule has 1 aromatic heterocycles. The van der Waals surface area contributed by atoms with E-state index in [1.165, 1.54) is 0 Å². The number of hydrogen-bond donors (Lipinski definition) is 1. The molecule has 1 aliphatic heterocycles. The summed E-state index contributed by atoms with van der Waals surface area (Å²) in [6.45, 7) is 3.16. The summed E-state index contributed by atoms with van der Waals surface area (Å²) in [4.78, 5) is 13.5. The van der Waals surface area contributed by atoms with Gasteiger partial charge in [-0.2, -0.15) is 9.40 Å². The van der Waals surface area contributed by atoms with Crippen molar-refractivity contribution in [2.24, 2.45) is 11.8 Å². The molecule has 3 aromatic carbocycles. The maximum atomic E-state index is 13.3. The van der Waals surface area contributed by atoms with Crippen molar-refractivity contribution in [3.63, 3.8) is 0 Å². The van der Waals surface area contributed by atoms with Crippen LogP contribution in [0.1, 0.15) is 37.7 Å². The van der Waals surface area contributed by atoms with Crippen LogP contribution < -0.4 is 10.1 Å². The van der Waals surface area contributed by atoms with Gasteiger partial charge in [-0.05, 0) is 79.8 Å². The summed E-state index contributed by atoms with van der Waals surface area (Å²) in [6.07, 6.45) is 4.58. The van der Waals surface area contributed by atoms with Crippen LogP contribution in [0.2, 0.25) is 5.02 Å². The molecule has 3 atom stereocenters. The van der Waals surface area contributed by atoms with Gasteiger partial charge in [-0.3, -0.25) is 4.79 Å². The van der Waals surface area contributed by atoms with E-state index < -0.39 is 10.0 Å². The normalized spacial score (nSPS) is 20.7. The molecule has 0 bridgehead atoms. The van der Waals surface area contributed by atoms with Gasteiger partial charge in [0.1, 0.15) is 5.75 Å². The maximum Gasteiger partial charge on any atom is 0.243 e. The van der Waals surface area contributed by atoms with E-state index in [4.69, 9.17) is 21.4 Å². The molecule has 1 N–H and O–H groups in total. The Morgan fingerprint density at radius 1 is 1.07 bits per heavy atom. The second-order valence-electron chi connectivity index (χ2n) is 11.1. The highest BCUT2D eigenvalue weighted by Crippen LogP contribution is 2.51. The Labute approximate surface area is 251 Å². The highest BCUT2D eigenvalue weighted by Gasteiger charge is 2.46. The monoisotopic (exact) mass is 604 g/mol. The number of carbonyl (C=O) groups is 1. The van der Waals surface area contributed by atoms with Crippen LogP contribution >= 0.6 is 11.6 Å². The molecule has 1 saturated heterocycles. The van der Waals surface area contributed by atoms with Crippen molar-refractivity contribution < 1.29 is 17.9 Å². The van der Waals surface area contributed by atoms with E-state index in [0.29, 0.717) is 41.9 Å². The molecule has 6 rings (SSSR count). The minimum atomic E-state index is -3.55. The summed E-state index contributed by atoms with van der Waals surface area (Å²) in [5.74, 6) is 0.577. The largest absolute Gasteiger partial charge is 0.495 e. The average Bonchev–Trinajstić information content (AvgIpc) is 3.68. The Morgan fingerprint density at radius 3 is 2.52 bits per heavy atom. The number of hydrogen-bond acceptors (Lipinski definition) is 5. The Kier molecular flexibility index (Phi) is 7.83. The van der Waals surface area contributed by atoms with Crippen LogP contribution in [0.4, 0.5) is 5.69 Å². The molecule has 10 heteroatoms. The van der Waals surface area contributed by atoms with E-state index in [2.05, 4.69) is 12.2 Å². The van der Waals surface area contributed by atoms with Crippen LogP contribution in [-0.4, -0.2) is 48.6 Å². The summed E-state index contributed by atoms with van der Waals surface area (Å²) < 4.78 is 34.9. The van der Waals surface area contributed by atoms with Gasteiger partial charge in [0.05, 0.1) is 28.4 Å². The number of aromatic nitrogens is 2. The quantitative estimate of drug-likeness (QED) is 0.252. The molecule has 2 heterocycles. The summed E-state index contributed by atoms with van der Waals surface area (Å²) in [5, 5.41) is 8.35. The SMILES string of the molecule is COc1ccc(-c2nn(-c3ccccc3)cc2C2CC2C(=O)Nc2ccc(S(=O)(=O)N3CCCC(C)C3)cc2)cc1Cl. The number of rotatable bonds is 8. The molecule has 218 valence electrons. The number of amides is 1. The minimum Gasteiger partial charge on any atom is -0.495 e. The Morgan fingerprint density at radius 2 is 1.83 bits per heavy atom. The molecule has 1 aliphatic carbocycles. The van der Waals surface area contributed by atoms with Crippen molar-refractivity contribution >= 4 is 33.2 Å². The molecule has 42 heavy (non-hydrogen) atoms. The van der Waals surface area contributed by atoms with Gasteiger partial charge in [0.2, 0.25) is 15.9 Å². The Bertz CT molecular complexity index is 1710. The van der Waals surface area contributed by atoms with Gasteiger partial charge in [0.25, 0.3) is 0 Å². The van der Waals surface area contributed by atoms with Crippen LogP contribution in [0.3, 0.4) is 0 Å². The van der Waals surface area contributed by atoms with Crippen LogP contribution in [0.5, 0.6) is 5.75 Å². The van der Waals surface area contributed by atoms with E-state index in [0.717, 1.165) is 35.3 Å². The predicted molar refractivity (Wildman–Crippen MR) is 164 cm³/mol. The molecule has 2 fully saturated rings. The number of carbonyl (C=O) groups excluding carboxylic acids is 1. The molecule has 0 spiro atoms. The highest BCUT2D eigenvalue weighted by atomic mass is 35.5. The lowest BCUT2D eigenvalue weighted by Gasteiger charge is -2.30. The second-order valence-corrected chi connectivity index (χ2v) is 13.5. The number of benzene rings is 3. The molecule has 4 aromatic rings. The van der Waals surface area contributed by atoms with Crippen molar-refractivity contribution in [2.75, 3.05) is 25.5 Å². The van der Waals surface area contributed by atoms with Crippen LogP contribution in [0.15, 0.2) is 83.9 Å². The second kappa shape index (κ2) is 11.6. The van der Waals surface area contributed by atoms with Gasteiger partial charge < -0.3 is 10.1 Å². The van der Waals surface area contributed by atoms with Crippen molar-refractivity contribution in [1.82, 2.24) is 14.1 Å². The number of sulfonamides is 1. The zero-order chi connectivity index (χ0) is 29.4. The smallest absolute Gasteiger partial charge is 0.243 e. The van der Waals surface area contributed by atoms with Gasteiger partial charge in [0, 0.05) is 47.9 Å². The van der Waals surface area contributed by atoms with E-state index in [1.807, 2.05) is 59.4 Å². The van der Waals surface area contributed by atoms with Crippen molar-refractivity contribution in [3.8, 4) is 22.7 Å². The lowest BCUT2D eigenvalue weighted by atomic mass is 10.0. The topological polar surface area (TPSA) is 93.5 Å². The Balaban J connectivity index is 1.20. The number of ether oxygens (including phenoxy) is 1. The first kappa shape index (κ1) is 28.5. The van der Waals surface area contributed by atoms with Crippen molar-refractivity contribution in [3.05, 3.63) is 89.6 Å². The number of para-hydroxylation sites is 1. The third kappa shape index (κ3) is 5.69. The fourth-order valence-corrected chi connectivity index (χ4v) is 7.55. The molecule has 3 unspecified atom stereocenters. The molecule has 0 radical (unpaired) electrons. The number of nitrogens with one attached hydrogen (secondary N) is 1. The molecule has 2 aliphatic rings. The molecular formula is C32H33ClN4O4S. The molecule has 1 saturated carbocycles. The van der Waals surface area contributed by atoms with Crippen LogP contribution in [0, 0.1) is 11.8 Å². The maximum absolute atomic E-state index is 13.3. The van der Waals surface area contributed by atoms with Gasteiger partial charge in [0.15, 0.2) is 0 Å². The lowest BCUT2D eigenvalue weighted by Crippen LogP contribution is -2.39. The number of methoxy groups -OCH3 is 1. The van der Waals surface area contributed by atoms with Gasteiger partial charge in [-0.15, -0.1) is 0 Å². The molecule has 8 nitrogen and oxygen atoms in total. The number of anilines is 1. The molecule has 1 amide bonds. The van der Waals surface area contributed by atoms with E-state index in [1.54, 1.807) is 35.7 Å². The summed E-state index contributed by atoms with van der Waals surface area (Å²) in [6, 6.07) is 21.9. The lowest BCUT2D eigenvalue weighted by molar-refractivity contribution is -0.117. The minimum absolute atomic E-state index is 0.0147. The van der Waals surface area contributed by atoms with E-state index in [-0.39, 0.29) is 22.6 Å². The van der Waals surface area contributed by atoms with E-state index >= 15 is 0 Å². The highest BCUT2D eigenvalue weighted by molar-refractivity contribution is 7.89. The number of piperidine rings is 1. The summed E-state index contributed by atoms with van der Waals surface area (Å²) >= 11 is 6.45. The fourth-order valence-electron chi connectivity index (χ4n) is 5.70. The zero-order valence-electron chi connectivity index (χ0n) is 23.5. The first-order valence-corrected chi connectivity index (χ1v) is 16.0. The third-order valence-electron chi connectivity index (χ3n) is 8.09. The van der Waals surface area contributed by atoms with Gasteiger partial charge in [-0.25, -0.2) is 13.1 Å². The number of nitrogens with zero attached hydrogens (tertiary/aromatic N) is 3. The fraction of sp³-hybridized carbons (Fsp3) is 0.312.